The quantitative estimate of drug-likeness (QED) is 0.695. The van der Waals surface area contributed by atoms with Gasteiger partial charge in [-0.25, -0.2) is 0 Å². The molecule has 0 aromatic rings. The highest BCUT2D eigenvalue weighted by Crippen LogP contribution is 2.25. The Kier molecular flexibility index (Phi) is 6.32. The highest BCUT2D eigenvalue weighted by Gasteiger charge is 2.32. The monoisotopic (exact) mass is 228 g/mol. The molecule has 0 amide bonds. The van der Waals surface area contributed by atoms with Crippen LogP contribution in [0.15, 0.2) is 0 Å². The third-order valence-electron chi connectivity index (χ3n) is 3.69. The van der Waals surface area contributed by atoms with Crippen LogP contribution in [0.4, 0.5) is 0 Å². The van der Waals surface area contributed by atoms with Crippen molar-refractivity contribution in [3.8, 4) is 0 Å². The molecule has 1 aliphatic rings. The van der Waals surface area contributed by atoms with Crippen LogP contribution in [-0.4, -0.2) is 48.3 Å². The summed E-state index contributed by atoms with van der Waals surface area (Å²) in [5, 5.41) is 12.9. The lowest BCUT2D eigenvalue weighted by Crippen LogP contribution is -2.54. The lowest BCUT2D eigenvalue weighted by Gasteiger charge is -2.42. The summed E-state index contributed by atoms with van der Waals surface area (Å²) in [5.41, 5.74) is 0.217. The Morgan fingerprint density at radius 3 is 2.38 bits per heavy atom. The van der Waals surface area contributed by atoms with E-state index in [1.54, 1.807) is 0 Å². The Balaban J connectivity index is 2.41. The fourth-order valence-electron chi connectivity index (χ4n) is 2.64. The van der Waals surface area contributed by atoms with E-state index in [1.165, 1.54) is 45.3 Å². The van der Waals surface area contributed by atoms with Crippen molar-refractivity contribution in [1.82, 2.24) is 10.2 Å². The van der Waals surface area contributed by atoms with Crippen LogP contribution in [0.1, 0.15) is 46.0 Å². The summed E-state index contributed by atoms with van der Waals surface area (Å²) in [4.78, 5) is 2.54. The zero-order chi connectivity index (χ0) is 11.9. The maximum absolute atomic E-state index is 9.20. The number of hydrogen-bond acceptors (Lipinski definition) is 3. The molecule has 1 rings (SSSR count). The minimum absolute atomic E-state index is 0.217. The number of nitrogens with one attached hydrogen (secondary N) is 1. The van der Waals surface area contributed by atoms with Crippen LogP contribution in [0.3, 0.4) is 0 Å². The van der Waals surface area contributed by atoms with Gasteiger partial charge in [-0.1, -0.05) is 13.8 Å². The molecule has 0 saturated carbocycles. The van der Waals surface area contributed by atoms with Crippen molar-refractivity contribution in [3.63, 3.8) is 0 Å². The smallest absolute Gasteiger partial charge is 0.0448 e. The largest absolute Gasteiger partial charge is 0.396 e. The predicted octanol–water partition coefficient (Wildman–Crippen LogP) is 1.61. The van der Waals surface area contributed by atoms with Gasteiger partial charge in [-0.2, -0.15) is 0 Å². The summed E-state index contributed by atoms with van der Waals surface area (Å²) in [5.74, 6) is 0. The second kappa shape index (κ2) is 7.25. The summed E-state index contributed by atoms with van der Waals surface area (Å²) >= 11 is 0. The van der Waals surface area contributed by atoms with Crippen molar-refractivity contribution in [1.29, 1.82) is 0 Å². The average Bonchev–Trinajstić information content (AvgIpc) is 2.30. The van der Waals surface area contributed by atoms with Crippen LogP contribution in [0.5, 0.6) is 0 Å². The fourth-order valence-corrected chi connectivity index (χ4v) is 2.64. The first-order chi connectivity index (χ1) is 7.76. The van der Waals surface area contributed by atoms with Crippen LogP contribution < -0.4 is 5.32 Å². The third-order valence-corrected chi connectivity index (χ3v) is 3.69. The molecule has 3 nitrogen and oxygen atoms in total. The van der Waals surface area contributed by atoms with Crippen LogP contribution in [0.25, 0.3) is 0 Å². The van der Waals surface area contributed by atoms with Gasteiger partial charge in [-0.15, -0.1) is 0 Å². The van der Waals surface area contributed by atoms with Gasteiger partial charge in [-0.05, 0) is 58.3 Å². The summed E-state index contributed by atoms with van der Waals surface area (Å²) in [6.07, 6.45) is 5.70. The van der Waals surface area contributed by atoms with Gasteiger partial charge in [0, 0.05) is 12.1 Å². The van der Waals surface area contributed by atoms with Crippen molar-refractivity contribution in [3.05, 3.63) is 0 Å². The molecule has 0 atom stereocenters. The van der Waals surface area contributed by atoms with Crippen molar-refractivity contribution < 1.29 is 5.11 Å². The normalized spacial score (nSPS) is 21.2. The zero-order valence-electron chi connectivity index (χ0n) is 11.0. The Bertz CT molecular complexity index is 177. The van der Waals surface area contributed by atoms with Gasteiger partial charge < -0.3 is 15.3 Å². The van der Waals surface area contributed by atoms with E-state index in [1.807, 2.05) is 0 Å². The molecule has 1 fully saturated rings. The standard InChI is InChI=1S/C13H28N2O/c1-3-8-14-13(7-12-16)5-10-15(9-4-2)11-6-13/h14,16H,3-12H2,1-2H3. The van der Waals surface area contributed by atoms with Gasteiger partial charge in [0.25, 0.3) is 0 Å². The fraction of sp³-hybridized carbons (Fsp3) is 1.00. The Hall–Kier alpha value is -0.120. The highest BCUT2D eigenvalue weighted by atomic mass is 16.3. The molecule has 1 saturated heterocycles. The number of aliphatic hydroxyl groups excluding tert-OH is 1. The average molecular weight is 228 g/mol. The first-order valence-electron chi connectivity index (χ1n) is 6.84. The third kappa shape index (κ3) is 4.04. The molecule has 96 valence electrons. The molecular weight excluding hydrogens is 200 g/mol. The molecular formula is C13H28N2O. The van der Waals surface area contributed by atoms with E-state index in [0.29, 0.717) is 6.61 Å². The molecule has 0 spiro atoms. The molecule has 0 aromatic heterocycles. The topological polar surface area (TPSA) is 35.5 Å². The molecule has 0 radical (unpaired) electrons. The second-order valence-electron chi connectivity index (χ2n) is 5.02. The molecule has 0 aliphatic carbocycles. The van der Waals surface area contributed by atoms with Gasteiger partial charge in [0.2, 0.25) is 0 Å². The minimum atomic E-state index is 0.217. The van der Waals surface area contributed by atoms with Gasteiger partial charge in [0.15, 0.2) is 0 Å². The summed E-state index contributed by atoms with van der Waals surface area (Å²) in [7, 11) is 0. The molecule has 1 heterocycles. The molecule has 16 heavy (non-hydrogen) atoms. The molecule has 1 aliphatic heterocycles. The van der Waals surface area contributed by atoms with Crippen LogP contribution in [-0.2, 0) is 0 Å². The van der Waals surface area contributed by atoms with Crippen LogP contribution in [0, 0.1) is 0 Å². The van der Waals surface area contributed by atoms with E-state index in [9.17, 15) is 5.11 Å². The van der Waals surface area contributed by atoms with E-state index in [2.05, 4.69) is 24.1 Å². The molecule has 3 heteroatoms. The molecule has 0 unspecified atom stereocenters. The maximum Gasteiger partial charge on any atom is 0.0448 e. The van der Waals surface area contributed by atoms with Gasteiger partial charge in [0.05, 0.1) is 0 Å². The van der Waals surface area contributed by atoms with E-state index in [4.69, 9.17) is 0 Å². The predicted molar refractivity (Wildman–Crippen MR) is 68.7 cm³/mol. The van der Waals surface area contributed by atoms with Crippen molar-refractivity contribution in [2.45, 2.75) is 51.5 Å². The van der Waals surface area contributed by atoms with Gasteiger partial charge in [-0.3, -0.25) is 0 Å². The molecule has 0 bridgehead atoms. The number of rotatable bonds is 7. The maximum atomic E-state index is 9.20. The SMILES string of the molecule is CCCNC1(CCO)CCN(CCC)CC1. The number of nitrogens with zero attached hydrogens (tertiary/aromatic N) is 1. The van der Waals surface area contributed by atoms with E-state index in [0.717, 1.165) is 13.0 Å². The zero-order valence-corrected chi connectivity index (χ0v) is 11.0. The Morgan fingerprint density at radius 2 is 1.88 bits per heavy atom. The van der Waals surface area contributed by atoms with Crippen molar-refractivity contribution in [2.24, 2.45) is 0 Å². The Morgan fingerprint density at radius 1 is 1.19 bits per heavy atom. The lowest BCUT2D eigenvalue weighted by atomic mass is 9.84. The first kappa shape index (κ1) is 13.9. The van der Waals surface area contributed by atoms with E-state index < -0.39 is 0 Å². The number of hydrogen-bond donors (Lipinski definition) is 2. The van der Waals surface area contributed by atoms with Crippen LogP contribution >= 0.6 is 0 Å². The van der Waals surface area contributed by atoms with Gasteiger partial charge in [0.1, 0.15) is 0 Å². The Labute approximate surface area is 100 Å². The summed E-state index contributed by atoms with van der Waals surface area (Å²) < 4.78 is 0. The lowest BCUT2D eigenvalue weighted by molar-refractivity contribution is 0.108. The highest BCUT2D eigenvalue weighted by molar-refractivity contribution is 4.92. The van der Waals surface area contributed by atoms with Gasteiger partial charge >= 0.3 is 0 Å². The first-order valence-corrected chi connectivity index (χ1v) is 6.84. The van der Waals surface area contributed by atoms with Crippen molar-refractivity contribution >= 4 is 0 Å². The van der Waals surface area contributed by atoms with E-state index >= 15 is 0 Å². The summed E-state index contributed by atoms with van der Waals surface area (Å²) in [6, 6.07) is 0. The second-order valence-corrected chi connectivity index (χ2v) is 5.02. The molecule has 0 aromatic carbocycles. The molecule has 2 N–H and O–H groups in total. The number of aliphatic hydroxyl groups is 1. The number of piperidine rings is 1. The van der Waals surface area contributed by atoms with Crippen LogP contribution in [0.2, 0.25) is 0 Å². The summed E-state index contributed by atoms with van der Waals surface area (Å²) in [6.45, 7) is 9.42. The van der Waals surface area contributed by atoms with Crippen molar-refractivity contribution in [2.75, 3.05) is 32.8 Å². The van der Waals surface area contributed by atoms with E-state index in [-0.39, 0.29) is 5.54 Å². The number of likely N-dealkylation sites (tertiary alicyclic amines) is 1. The minimum Gasteiger partial charge on any atom is -0.396 e.